The van der Waals surface area contributed by atoms with Crippen LogP contribution in [0.25, 0.3) is 0 Å². The van der Waals surface area contributed by atoms with Crippen molar-refractivity contribution in [2.75, 3.05) is 0 Å². The summed E-state index contributed by atoms with van der Waals surface area (Å²) in [6.07, 6.45) is 5.06. The van der Waals surface area contributed by atoms with E-state index < -0.39 is 5.97 Å². The first kappa shape index (κ1) is 11.5. The highest BCUT2D eigenvalue weighted by molar-refractivity contribution is 6.33. The van der Waals surface area contributed by atoms with Gasteiger partial charge in [-0.1, -0.05) is 17.7 Å². The van der Waals surface area contributed by atoms with Gasteiger partial charge in [-0.05, 0) is 11.6 Å². The van der Waals surface area contributed by atoms with Crippen LogP contribution in [0.2, 0.25) is 5.02 Å². The number of aromatic nitrogens is 3. The fraction of sp³-hybridized carbons (Fsp3) is 0.0909. The van der Waals surface area contributed by atoms with Crippen molar-refractivity contribution >= 4 is 17.6 Å². The summed E-state index contributed by atoms with van der Waals surface area (Å²) in [7, 11) is 0. The third-order valence-electron chi connectivity index (χ3n) is 2.08. The van der Waals surface area contributed by atoms with E-state index in [4.69, 9.17) is 16.7 Å². The van der Waals surface area contributed by atoms with Crippen molar-refractivity contribution in [1.29, 1.82) is 0 Å². The Kier molecular flexibility index (Phi) is 3.30. The van der Waals surface area contributed by atoms with Crippen LogP contribution in [0, 0.1) is 0 Å². The fourth-order valence-corrected chi connectivity index (χ4v) is 1.50. The molecule has 0 saturated heterocycles. The topological polar surface area (TPSA) is 76.0 Å². The van der Waals surface area contributed by atoms with Crippen LogP contribution in [0.1, 0.15) is 21.9 Å². The number of aromatic carboxylic acids is 1. The van der Waals surface area contributed by atoms with Crippen molar-refractivity contribution in [2.45, 2.75) is 6.42 Å². The van der Waals surface area contributed by atoms with Crippen molar-refractivity contribution in [3.05, 3.63) is 52.8 Å². The van der Waals surface area contributed by atoms with E-state index in [1.807, 2.05) is 6.07 Å². The van der Waals surface area contributed by atoms with Crippen LogP contribution in [0.3, 0.4) is 0 Å². The summed E-state index contributed by atoms with van der Waals surface area (Å²) in [4.78, 5) is 22.7. The molecule has 2 heterocycles. The highest BCUT2D eigenvalue weighted by atomic mass is 35.5. The molecule has 0 fully saturated rings. The number of pyridine rings is 1. The van der Waals surface area contributed by atoms with Crippen molar-refractivity contribution in [2.24, 2.45) is 0 Å². The van der Waals surface area contributed by atoms with E-state index in [0.717, 1.165) is 5.56 Å². The molecule has 6 heteroatoms. The summed E-state index contributed by atoms with van der Waals surface area (Å²) in [5.74, 6) is -0.760. The van der Waals surface area contributed by atoms with Gasteiger partial charge in [0.25, 0.3) is 0 Å². The first-order valence-corrected chi connectivity index (χ1v) is 5.18. The normalized spacial score (nSPS) is 10.2. The lowest BCUT2D eigenvalue weighted by molar-refractivity contribution is 0.0690. The number of rotatable bonds is 3. The van der Waals surface area contributed by atoms with Gasteiger partial charge in [0.05, 0.1) is 11.2 Å². The molecule has 86 valence electrons. The van der Waals surface area contributed by atoms with Gasteiger partial charge in [0.2, 0.25) is 0 Å². The van der Waals surface area contributed by atoms with Crippen LogP contribution in [0.5, 0.6) is 0 Å². The fourth-order valence-electron chi connectivity index (χ4n) is 1.32. The van der Waals surface area contributed by atoms with Crippen molar-refractivity contribution in [3.63, 3.8) is 0 Å². The number of nitrogens with zero attached hydrogens (tertiary/aromatic N) is 3. The molecule has 0 amide bonds. The third-order valence-corrected chi connectivity index (χ3v) is 2.36. The van der Waals surface area contributed by atoms with Crippen molar-refractivity contribution in [3.8, 4) is 0 Å². The van der Waals surface area contributed by atoms with Crippen LogP contribution in [-0.4, -0.2) is 26.0 Å². The van der Waals surface area contributed by atoms with E-state index in [0.29, 0.717) is 12.2 Å². The molecule has 1 N–H and O–H groups in total. The number of carbonyl (C=O) groups is 1. The predicted molar refractivity (Wildman–Crippen MR) is 61.0 cm³/mol. The van der Waals surface area contributed by atoms with Crippen LogP contribution >= 0.6 is 11.6 Å². The van der Waals surface area contributed by atoms with Crippen LogP contribution in [-0.2, 0) is 6.42 Å². The maximum absolute atomic E-state index is 10.8. The second-order valence-corrected chi connectivity index (χ2v) is 3.73. The van der Waals surface area contributed by atoms with E-state index in [1.54, 1.807) is 18.5 Å². The average Bonchev–Trinajstić information content (AvgIpc) is 2.32. The molecule has 0 aliphatic rings. The van der Waals surface area contributed by atoms with E-state index >= 15 is 0 Å². The minimum absolute atomic E-state index is 0.0347. The second-order valence-electron chi connectivity index (χ2n) is 3.33. The summed E-state index contributed by atoms with van der Waals surface area (Å²) in [5.41, 5.74) is 0.728. The third kappa shape index (κ3) is 2.76. The first-order chi connectivity index (χ1) is 8.16. The zero-order valence-electron chi connectivity index (χ0n) is 8.67. The van der Waals surface area contributed by atoms with E-state index in [-0.39, 0.29) is 10.7 Å². The summed E-state index contributed by atoms with van der Waals surface area (Å²) < 4.78 is 0. The number of carboxylic acid groups (broad SMARTS) is 1. The molecule has 0 radical (unpaired) electrons. The molecule has 0 spiro atoms. The minimum atomic E-state index is -1.16. The van der Waals surface area contributed by atoms with Crippen LogP contribution in [0.4, 0.5) is 0 Å². The van der Waals surface area contributed by atoms with Gasteiger partial charge in [0.15, 0.2) is 5.69 Å². The second kappa shape index (κ2) is 4.88. The Labute approximate surface area is 102 Å². The molecule has 5 nitrogen and oxygen atoms in total. The van der Waals surface area contributed by atoms with Crippen LogP contribution in [0.15, 0.2) is 30.7 Å². The molecule has 2 aromatic rings. The molecular formula is C11H8ClN3O2. The van der Waals surface area contributed by atoms with Crippen LogP contribution < -0.4 is 0 Å². The van der Waals surface area contributed by atoms with Gasteiger partial charge in [-0.3, -0.25) is 4.98 Å². The van der Waals surface area contributed by atoms with E-state index in [2.05, 4.69) is 15.0 Å². The summed E-state index contributed by atoms with van der Waals surface area (Å²) >= 11 is 5.68. The lowest BCUT2D eigenvalue weighted by Gasteiger charge is -2.02. The maximum Gasteiger partial charge on any atom is 0.356 e. The smallest absolute Gasteiger partial charge is 0.356 e. The van der Waals surface area contributed by atoms with Crippen molar-refractivity contribution in [1.82, 2.24) is 15.0 Å². The molecule has 2 aromatic heterocycles. The Bertz CT molecular complexity index is 546. The molecular weight excluding hydrogens is 242 g/mol. The van der Waals surface area contributed by atoms with Gasteiger partial charge in [-0.15, -0.1) is 0 Å². The molecule has 0 aliphatic carbocycles. The molecule has 2 rings (SSSR count). The Morgan fingerprint density at radius 1 is 1.41 bits per heavy atom. The predicted octanol–water partition coefficient (Wildman–Crippen LogP) is 1.81. The molecule has 0 unspecified atom stereocenters. The van der Waals surface area contributed by atoms with E-state index in [1.165, 1.54) is 6.20 Å². The zero-order valence-corrected chi connectivity index (χ0v) is 9.42. The molecule has 0 aliphatic heterocycles. The van der Waals surface area contributed by atoms with Gasteiger partial charge in [-0.25, -0.2) is 14.8 Å². The SMILES string of the molecule is O=C(O)c1nc(Cc2cccnc2)ncc1Cl. The largest absolute Gasteiger partial charge is 0.476 e. The first-order valence-electron chi connectivity index (χ1n) is 4.80. The molecule has 0 saturated carbocycles. The molecule has 0 aromatic carbocycles. The summed E-state index contributed by atoms with van der Waals surface area (Å²) in [6, 6.07) is 3.66. The number of hydrogen-bond acceptors (Lipinski definition) is 4. The highest BCUT2D eigenvalue weighted by Gasteiger charge is 2.12. The standard InChI is InChI=1S/C11H8ClN3O2/c12-8-6-14-9(15-10(8)11(16)17)4-7-2-1-3-13-5-7/h1-3,5-6H,4H2,(H,16,17). The molecule has 0 atom stereocenters. The number of carboxylic acids is 1. The van der Waals surface area contributed by atoms with Crippen molar-refractivity contribution < 1.29 is 9.90 Å². The zero-order chi connectivity index (χ0) is 12.3. The molecule has 0 bridgehead atoms. The quantitative estimate of drug-likeness (QED) is 0.898. The summed E-state index contributed by atoms with van der Waals surface area (Å²) in [5, 5.41) is 8.90. The highest BCUT2D eigenvalue weighted by Crippen LogP contribution is 2.13. The lowest BCUT2D eigenvalue weighted by Crippen LogP contribution is -2.06. The summed E-state index contributed by atoms with van der Waals surface area (Å²) in [6.45, 7) is 0. The average molecular weight is 250 g/mol. The van der Waals surface area contributed by atoms with E-state index in [9.17, 15) is 4.79 Å². The lowest BCUT2D eigenvalue weighted by atomic mass is 10.2. The maximum atomic E-state index is 10.8. The number of hydrogen-bond donors (Lipinski definition) is 1. The Hall–Kier alpha value is -2.01. The van der Waals surface area contributed by atoms with Gasteiger partial charge in [0, 0.05) is 18.8 Å². The Morgan fingerprint density at radius 3 is 2.88 bits per heavy atom. The minimum Gasteiger partial charge on any atom is -0.476 e. The monoisotopic (exact) mass is 249 g/mol. The van der Waals surface area contributed by atoms with Gasteiger partial charge < -0.3 is 5.11 Å². The Balaban J connectivity index is 2.29. The van der Waals surface area contributed by atoms with Gasteiger partial charge in [0.1, 0.15) is 5.82 Å². The number of halogens is 1. The van der Waals surface area contributed by atoms with Gasteiger partial charge >= 0.3 is 5.97 Å². The Morgan fingerprint density at radius 2 is 2.24 bits per heavy atom. The molecule has 17 heavy (non-hydrogen) atoms. The van der Waals surface area contributed by atoms with Gasteiger partial charge in [-0.2, -0.15) is 0 Å².